The van der Waals surface area contributed by atoms with E-state index in [1.54, 1.807) is 26.0 Å². The first kappa shape index (κ1) is 28.6. The summed E-state index contributed by atoms with van der Waals surface area (Å²) in [5, 5.41) is 9.78. The van der Waals surface area contributed by atoms with E-state index in [0.29, 0.717) is 42.1 Å². The Labute approximate surface area is 235 Å². The number of methoxy groups -OCH3 is 1. The molecule has 1 aliphatic carbocycles. The molecule has 7 nitrogen and oxygen atoms in total. The lowest BCUT2D eigenvalue weighted by molar-refractivity contribution is -0.141. The minimum Gasteiger partial charge on any atom is -0.492 e. The Morgan fingerprint density at radius 2 is 1.78 bits per heavy atom. The zero-order valence-electron chi connectivity index (χ0n) is 23.0. The van der Waals surface area contributed by atoms with E-state index in [1.807, 2.05) is 6.07 Å². The number of hydrogen-bond donors (Lipinski definition) is 1. The van der Waals surface area contributed by atoms with Crippen LogP contribution >= 0.6 is 0 Å². The fourth-order valence-electron chi connectivity index (χ4n) is 5.03. The Morgan fingerprint density at radius 3 is 2.54 bits per heavy atom. The highest BCUT2D eigenvalue weighted by Crippen LogP contribution is 2.45. The average molecular weight is 573 g/mol. The maximum absolute atomic E-state index is 15.0. The molecule has 0 aromatic heterocycles. The molecule has 0 saturated carbocycles. The highest BCUT2D eigenvalue weighted by molar-refractivity contribution is 5.71. The fraction of sp³-hybridized carbons (Fsp3) is 0.387. The molecule has 0 amide bonds. The third-order valence-electron chi connectivity index (χ3n) is 7.20. The van der Waals surface area contributed by atoms with Gasteiger partial charge in [0.2, 0.25) is 0 Å². The van der Waals surface area contributed by atoms with Gasteiger partial charge in [0.1, 0.15) is 29.2 Å². The van der Waals surface area contributed by atoms with Gasteiger partial charge in [0.15, 0.2) is 23.1 Å². The van der Waals surface area contributed by atoms with Gasteiger partial charge in [-0.15, -0.1) is 0 Å². The number of benzene rings is 3. The predicted octanol–water partition coefficient (Wildman–Crippen LogP) is 6.54. The van der Waals surface area contributed by atoms with Gasteiger partial charge in [-0.3, -0.25) is 4.79 Å². The Hall–Kier alpha value is -3.92. The Kier molecular flexibility index (Phi) is 8.04. The lowest BCUT2D eigenvalue weighted by Gasteiger charge is -2.18. The molecule has 2 aliphatic rings. The molecular formula is C31H31F3O7. The van der Waals surface area contributed by atoms with Crippen molar-refractivity contribution < 1.29 is 46.8 Å². The monoisotopic (exact) mass is 572 g/mol. The molecule has 3 aromatic rings. The second-order valence-corrected chi connectivity index (χ2v) is 10.8. The molecule has 3 aromatic carbocycles. The second kappa shape index (κ2) is 11.5. The standard InChI is InChI=1S/C31H31F3O7/c1-31(2,36)10-11-38-27-14-23(34)28(15-22(27)33)41-24-9-7-21(32)30-20(24)6-8-25(30)40-18-4-5-19-17(12-29(35)37-3)16-39-26(19)13-18/h4-5,7,9,13-15,17,25,36H,6,8,10-12,16H2,1-3H3/t17-,25-/m1/s1. The molecule has 0 saturated heterocycles. The van der Waals surface area contributed by atoms with E-state index in [0.717, 1.165) is 17.7 Å². The molecular weight excluding hydrogens is 541 g/mol. The largest absolute Gasteiger partial charge is 0.492 e. The van der Waals surface area contributed by atoms with Crippen LogP contribution in [0.25, 0.3) is 0 Å². The van der Waals surface area contributed by atoms with Gasteiger partial charge in [0.25, 0.3) is 0 Å². The summed E-state index contributed by atoms with van der Waals surface area (Å²) in [6.07, 6.45) is 0.645. The maximum atomic E-state index is 15.0. The van der Waals surface area contributed by atoms with E-state index in [2.05, 4.69) is 0 Å². The molecule has 10 heteroatoms. The first-order valence-electron chi connectivity index (χ1n) is 13.4. The lowest BCUT2D eigenvalue weighted by Crippen LogP contribution is -2.22. The van der Waals surface area contributed by atoms with Crippen LogP contribution in [-0.2, 0) is 16.0 Å². The van der Waals surface area contributed by atoms with E-state index in [-0.39, 0.29) is 48.6 Å². The first-order chi connectivity index (χ1) is 19.5. The van der Waals surface area contributed by atoms with Crippen LogP contribution in [0.3, 0.4) is 0 Å². The quantitative estimate of drug-likeness (QED) is 0.276. The summed E-state index contributed by atoms with van der Waals surface area (Å²) < 4.78 is 72.1. The third kappa shape index (κ3) is 6.37. The van der Waals surface area contributed by atoms with Gasteiger partial charge in [-0.2, -0.15) is 0 Å². The van der Waals surface area contributed by atoms with Crippen LogP contribution < -0.4 is 18.9 Å². The topological polar surface area (TPSA) is 83.5 Å². The zero-order chi connectivity index (χ0) is 29.3. The number of aliphatic hydroxyl groups is 1. The minimum atomic E-state index is -1.01. The highest BCUT2D eigenvalue weighted by Gasteiger charge is 2.32. The predicted molar refractivity (Wildman–Crippen MR) is 142 cm³/mol. The molecule has 0 spiro atoms. The van der Waals surface area contributed by atoms with Crippen LogP contribution in [0, 0.1) is 17.5 Å². The van der Waals surface area contributed by atoms with Gasteiger partial charge in [-0.1, -0.05) is 6.07 Å². The summed E-state index contributed by atoms with van der Waals surface area (Å²) in [5.41, 5.74) is 0.668. The lowest BCUT2D eigenvalue weighted by atomic mass is 9.98. The third-order valence-corrected chi connectivity index (χ3v) is 7.20. The van der Waals surface area contributed by atoms with Crippen LogP contribution in [0.15, 0.2) is 42.5 Å². The first-order valence-corrected chi connectivity index (χ1v) is 13.4. The van der Waals surface area contributed by atoms with Gasteiger partial charge < -0.3 is 28.8 Å². The normalized spacial score (nSPS) is 17.4. The van der Waals surface area contributed by atoms with Crippen LogP contribution in [-0.4, -0.2) is 37.0 Å². The summed E-state index contributed by atoms with van der Waals surface area (Å²) >= 11 is 0. The van der Waals surface area contributed by atoms with Crippen LogP contribution in [0.5, 0.6) is 28.7 Å². The molecule has 0 unspecified atom stereocenters. The fourth-order valence-corrected chi connectivity index (χ4v) is 5.03. The van der Waals surface area contributed by atoms with Crippen molar-refractivity contribution in [3.63, 3.8) is 0 Å². The van der Waals surface area contributed by atoms with E-state index >= 15 is 4.39 Å². The number of carbonyl (C=O) groups is 1. The van der Waals surface area contributed by atoms with Crippen LogP contribution in [0.1, 0.15) is 61.8 Å². The SMILES string of the molecule is COC(=O)C[C@@H]1COc2cc(O[C@@H]3CCc4c(Oc5cc(F)c(OCCC(C)(C)O)cc5F)ccc(F)c43)ccc21. The second-order valence-electron chi connectivity index (χ2n) is 10.8. The summed E-state index contributed by atoms with van der Waals surface area (Å²) in [4.78, 5) is 11.7. The number of rotatable bonds is 10. The summed E-state index contributed by atoms with van der Waals surface area (Å²) in [7, 11) is 1.34. The Bertz CT molecular complexity index is 1450. The van der Waals surface area contributed by atoms with Gasteiger partial charge >= 0.3 is 5.97 Å². The summed E-state index contributed by atoms with van der Waals surface area (Å²) in [6, 6.07) is 9.64. The van der Waals surface area contributed by atoms with Crippen molar-refractivity contribution in [1.82, 2.24) is 0 Å². The van der Waals surface area contributed by atoms with Crippen LogP contribution in [0.4, 0.5) is 13.2 Å². The van der Waals surface area contributed by atoms with Crippen molar-refractivity contribution in [1.29, 1.82) is 0 Å². The molecule has 0 radical (unpaired) electrons. The van der Waals surface area contributed by atoms with Crippen molar-refractivity contribution in [2.24, 2.45) is 0 Å². The molecule has 0 fully saturated rings. The van der Waals surface area contributed by atoms with Gasteiger partial charge in [0, 0.05) is 47.2 Å². The maximum Gasteiger partial charge on any atom is 0.306 e. The molecule has 1 aliphatic heterocycles. The van der Waals surface area contributed by atoms with Crippen molar-refractivity contribution in [2.75, 3.05) is 20.3 Å². The Balaban J connectivity index is 1.31. The minimum absolute atomic E-state index is 0.00264. The van der Waals surface area contributed by atoms with Crippen molar-refractivity contribution in [2.45, 2.75) is 57.2 Å². The number of carbonyl (C=O) groups excluding carboxylic acids is 1. The van der Waals surface area contributed by atoms with E-state index in [1.165, 1.54) is 19.2 Å². The van der Waals surface area contributed by atoms with E-state index in [4.69, 9.17) is 23.7 Å². The summed E-state index contributed by atoms with van der Waals surface area (Å²) in [5.74, 6) is -2.01. The molecule has 41 heavy (non-hydrogen) atoms. The van der Waals surface area contributed by atoms with Crippen molar-refractivity contribution >= 4 is 5.97 Å². The molecule has 1 heterocycles. The zero-order valence-corrected chi connectivity index (χ0v) is 23.0. The van der Waals surface area contributed by atoms with Gasteiger partial charge in [-0.05, 0) is 44.9 Å². The average Bonchev–Trinajstić information content (AvgIpc) is 3.52. The molecule has 2 atom stereocenters. The van der Waals surface area contributed by atoms with E-state index < -0.39 is 29.2 Å². The molecule has 1 N–H and O–H groups in total. The molecule has 218 valence electrons. The number of hydrogen-bond acceptors (Lipinski definition) is 7. The Morgan fingerprint density at radius 1 is 1.02 bits per heavy atom. The summed E-state index contributed by atoms with van der Waals surface area (Å²) in [6.45, 7) is 3.52. The highest BCUT2D eigenvalue weighted by atomic mass is 19.1. The van der Waals surface area contributed by atoms with Crippen LogP contribution in [0.2, 0.25) is 0 Å². The smallest absolute Gasteiger partial charge is 0.306 e. The number of ether oxygens (including phenoxy) is 5. The van der Waals surface area contributed by atoms with Gasteiger partial charge in [0.05, 0.1) is 32.3 Å². The van der Waals surface area contributed by atoms with Gasteiger partial charge in [-0.25, -0.2) is 13.2 Å². The van der Waals surface area contributed by atoms with E-state index in [9.17, 15) is 18.7 Å². The van der Waals surface area contributed by atoms with Crippen molar-refractivity contribution in [3.8, 4) is 28.7 Å². The molecule has 5 rings (SSSR count). The van der Waals surface area contributed by atoms with Crippen molar-refractivity contribution in [3.05, 3.63) is 76.6 Å². The number of halogens is 3. The number of fused-ring (bicyclic) bond motifs is 2. The number of esters is 1. The molecule has 0 bridgehead atoms.